The van der Waals surface area contributed by atoms with Crippen molar-refractivity contribution in [2.24, 2.45) is 4.99 Å². The molecular formula is C21H21N5. The summed E-state index contributed by atoms with van der Waals surface area (Å²) in [6.45, 7) is 3.82. The van der Waals surface area contributed by atoms with Crippen LogP contribution in [0.25, 0.3) is 23.1 Å². The van der Waals surface area contributed by atoms with E-state index >= 15 is 0 Å². The molecule has 0 radical (unpaired) electrons. The van der Waals surface area contributed by atoms with Gasteiger partial charge in [0.05, 0.1) is 35.0 Å². The molecule has 0 saturated heterocycles. The maximum absolute atomic E-state index is 4.93. The van der Waals surface area contributed by atoms with Crippen LogP contribution in [0.2, 0.25) is 0 Å². The summed E-state index contributed by atoms with van der Waals surface area (Å²) in [6, 6.07) is 6.09. The molecule has 130 valence electrons. The van der Waals surface area contributed by atoms with Crippen LogP contribution in [0, 0.1) is 0 Å². The predicted molar refractivity (Wildman–Crippen MR) is 107 cm³/mol. The van der Waals surface area contributed by atoms with Crippen molar-refractivity contribution in [3.05, 3.63) is 66.2 Å². The van der Waals surface area contributed by atoms with Crippen LogP contribution in [0.4, 0.5) is 5.69 Å². The molecule has 1 aromatic carbocycles. The smallest absolute Gasteiger partial charge is 0.0665 e. The van der Waals surface area contributed by atoms with E-state index in [-0.39, 0.29) is 0 Å². The minimum Gasteiger partial charge on any atom is -0.278 e. The van der Waals surface area contributed by atoms with Crippen LogP contribution in [-0.4, -0.2) is 26.1 Å². The van der Waals surface area contributed by atoms with E-state index in [9.17, 15) is 0 Å². The van der Waals surface area contributed by atoms with E-state index in [2.05, 4.69) is 45.2 Å². The number of allylic oxidation sites excluding steroid dienone is 3. The van der Waals surface area contributed by atoms with Crippen molar-refractivity contribution in [2.45, 2.75) is 25.7 Å². The lowest BCUT2D eigenvalue weighted by Crippen LogP contribution is -2.03. The lowest BCUT2D eigenvalue weighted by molar-refractivity contribution is 0.717. The van der Waals surface area contributed by atoms with Gasteiger partial charge in [-0.05, 0) is 67.7 Å². The molecule has 5 nitrogen and oxygen atoms in total. The molecule has 1 aliphatic carbocycles. The monoisotopic (exact) mass is 343 g/mol. The lowest BCUT2D eigenvalue weighted by Gasteiger charge is -2.13. The number of fused-ring (bicyclic) bond motifs is 1. The zero-order valence-electron chi connectivity index (χ0n) is 14.6. The first-order chi connectivity index (χ1) is 12.8. The third-order valence-corrected chi connectivity index (χ3v) is 4.62. The molecule has 5 heteroatoms. The largest absolute Gasteiger partial charge is 0.278 e. The maximum Gasteiger partial charge on any atom is 0.0665 e. The van der Waals surface area contributed by atoms with E-state index in [1.54, 1.807) is 12.3 Å². The molecule has 3 aromatic rings. The second-order valence-electron chi connectivity index (χ2n) is 6.39. The fourth-order valence-corrected chi connectivity index (χ4v) is 3.20. The molecule has 0 spiro atoms. The third-order valence-electron chi connectivity index (χ3n) is 4.62. The highest BCUT2D eigenvalue weighted by Crippen LogP contribution is 2.25. The highest BCUT2D eigenvalue weighted by Gasteiger charge is 2.09. The van der Waals surface area contributed by atoms with E-state index in [1.807, 2.05) is 24.4 Å². The highest BCUT2D eigenvalue weighted by atomic mass is 15.1. The molecule has 0 aliphatic heterocycles. The van der Waals surface area contributed by atoms with Gasteiger partial charge < -0.3 is 0 Å². The van der Waals surface area contributed by atoms with Crippen LogP contribution < -0.4 is 0 Å². The second-order valence-corrected chi connectivity index (χ2v) is 6.39. The number of rotatable bonds is 5. The Morgan fingerprint density at radius 3 is 2.92 bits per heavy atom. The Bertz CT molecular complexity index is 1020. The molecule has 1 aliphatic rings. The molecule has 0 unspecified atom stereocenters. The van der Waals surface area contributed by atoms with Crippen LogP contribution in [0.3, 0.4) is 0 Å². The van der Waals surface area contributed by atoms with E-state index in [0.717, 1.165) is 46.4 Å². The first-order valence-electron chi connectivity index (χ1n) is 8.88. The number of nitrogens with one attached hydrogen (secondary N) is 2. The van der Waals surface area contributed by atoms with Crippen LogP contribution in [-0.2, 0) is 0 Å². The summed E-state index contributed by atoms with van der Waals surface area (Å²) in [7, 11) is 0. The number of benzene rings is 1. The van der Waals surface area contributed by atoms with E-state index in [1.165, 1.54) is 18.4 Å². The standard InChI is InChI=1S/C21H21N5/c1-2-19-16(13-22-25-19)8-10-20(15-6-4-3-5-7-15)24-18-9-11-21-17(12-18)14-23-26-21/h2,6,8-14H,1,3-5,7H2,(H,22,25)(H,23,26)/b10-8+,24-20?. The quantitative estimate of drug-likeness (QED) is 0.624. The normalized spacial score (nSPS) is 15.5. The average Bonchev–Trinajstić information content (AvgIpc) is 3.34. The summed E-state index contributed by atoms with van der Waals surface area (Å²) in [5.41, 5.74) is 6.19. The molecule has 2 N–H and O–H groups in total. The number of nitrogens with zero attached hydrogens (tertiary/aromatic N) is 3. The predicted octanol–water partition coefficient (Wildman–Crippen LogP) is 5.22. The summed E-state index contributed by atoms with van der Waals surface area (Å²) in [6.07, 6.45) is 16.5. The van der Waals surface area contributed by atoms with Crippen molar-refractivity contribution in [1.29, 1.82) is 0 Å². The minimum absolute atomic E-state index is 0.915. The molecule has 2 heterocycles. The van der Waals surface area contributed by atoms with Gasteiger partial charge in [0, 0.05) is 10.9 Å². The van der Waals surface area contributed by atoms with Crippen LogP contribution in [0.5, 0.6) is 0 Å². The first-order valence-corrected chi connectivity index (χ1v) is 8.88. The maximum atomic E-state index is 4.93. The Hall–Kier alpha value is -3.21. The summed E-state index contributed by atoms with van der Waals surface area (Å²) < 4.78 is 0. The van der Waals surface area contributed by atoms with Gasteiger partial charge in [-0.2, -0.15) is 10.2 Å². The Balaban J connectivity index is 1.72. The summed E-state index contributed by atoms with van der Waals surface area (Å²) in [4.78, 5) is 4.93. The fraction of sp³-hybridized carbons (Fsp3) is 0.190. The number of aromatic amines is 2. The minimum atomic E-state index is 0.915. The van der Waals surface area contributed by atoms with Crippen molar-refractivity contribution in [3.63, 3.8) is 0 Å². The van der Waals surface area contributed by atoms with Crippen molar-refractivity contribution >= 4 is 34.5 Å². The van der Waals surface area contributed by atoms with Gasteiger partial charge in [-0.25, -0.2) is 4.99 Å². The van der Waals surface area contributed by atoms with Gasteiger partial charge in [0.2, 0.25) is 0 Å². The van der Waals surface area contributed by atoms with Crippen molar-refractivity contribution in [1.82, 2.24) is 20.4 Å². The second kappa shape index (κ2) is 7.35. The van der Waals surface area contributed by atoms with Crippen LogP contribution in [0.15, 0.2) is 59.9 Å². The molecule has 0 atom stereocenters. The third kappa shape index (κ3) is 3.42. The number of aromatic nitrogens is 4. The molecule has 0 amide bonds. The number of aliphatic imine (C=N–C) groups is 1. The topological polar surface area (TPSA) is 69.7 Å². The molecule has 2 aromatic heterocycles. The summed E-state index contributed by atoms with van der Waals surface area (Å²) in [5.74, 6) is 0. The van der Waals surface area contributed by atoms with Crippen LogP contribution >= 0.6 is 0 Å². The zero-order chi connectivity index (χ0) is 17.8. The number of hydrogen-bond donors (Lipinski definition) is 2. The van der Waals surface area contributed by atoms with Gasteiger partial charge in [-0.3, -0.25) is 10.2 Å². The van der Waals surface area contributed by atoms with Crippen molar-refractivity contribution in [3.8, 4) is 0 Å². The SMILES string of the molecule is C=Cc1[nH]ncc1/C=C/C(=Nc1ccc2[nH]ncc2c1)C1=CCCCC1. The van der Waals surface area contributed by atoms with E-state index in [4.69, 9.17) is 4.99 Å². The van der Waals surface area contributed by atoms with Gasteiger partial charge in [0.25, 0.3) is 0 Å². The van der Waals surface area contributed by atoms with E-state index in [0.29, 0.717) is 0 Å². The Morgan fingerprint density at radius 1 is 1.15 bits per heavy atom. The summed E-state index contributed by atoms with van der Waals surface area (Å²) >= 11 is 0. The molecule has 4 rings (SSSR count). The lowest BCUT2D eigenvalue weighted by atomic mass is 9.95. The average molecular weight is 343 g/mol. The number of hydrogen-bond acceptors (Lipinski definition) is 3. The fourth-order valence-electron chi connectivity index (χ4n) is 3.20. The van der Waals surface area contributed by atoms with Crippen molar-refractivity contribution in [2.75, 3.05) is 0 Å². The number of H-pyrrole nitrogens is 2. The molecule has 0 saturated carbocycles. The Labute approximate surface area is 152 Å². The molecule has 0 fully saturated rings. The summed E-state index contributed by atoms with van der Waals surface area (Å²) in [5, 5.41) is 15.1. The van der Waals surface area contributed by atoms with E-state index < -0.39 is 0 Å². The molecular weight excluding hydrogens is 322 g/mol. The van der Waals surface area contributed by atoms with Gasteiger partial charge in [0.15, 0.2) is 0 Å². The van der Waals surface area contributed by atoms with Gasteiger partial charge >= 0.3 is 0 Å². The van der Waals surface area contributed by atoms with Gasteiger partial charge in [0.1, 0.15) is 0 Å². The van der Waals surface area contributed by atoms with Crippen molar-refractivity contribution < 1.29 is 0 Å². The zero-order valence-corrected chi connectivity index (χ0v) is 14.6. The van der Waals surface area contributed by atoms with Crippen LogP contribution in [0.1, 0.15) is 36.9 Å². The molecule has 0 bridgehead atoms. The van der Waals surface area contributed by atoms with Gasteiger partial charge in [-0.1, -0.05) is 12.7 Å². The first kappa shape index (κ1) is 16.3. The van der Waals surface area contributed by atoms with Gasteiger partial charge in [-0.15, -0.1) is 0 Å². The molecule has 26 heavy (non-hydrogen) atoms. The Morgan fingerprint density at radius 2 is 2.08 bits per heavy atom. The Kier molecular flexibility index (Phi) is 4.60. The highest BCUT2D eigenvalue weighted by molar-refractivity contribution is 6.12.